The molecule has 0 saturated heterocycles. The summed E-state index contributed by atoms with van der Waals surface area (Å²) in [5, 5.41) is 9.79. The minimum atomic E-state index is 0.515. The molecule has 0 saturated carbocycles. The highest BCUT2D eigenvalue weighted by molar-refractivity contribution is 7.19. The summed E-state index contributed by atoms with van der Waals surface area (Å²) in [5.41, 5.74) is 8.45. The molecule has 4 nitrogen and oxygen atoms in total. The first-order valence-electron chi connectivity index (χ1n) is 5.28. The number of nitrogen functional groups attached to an aromatic ring is 1. The van der Waals surface area contributed by atoms with Gasteiger partial charge in [0.2, 0.25) is 0 Å². The molecular weight excluding hydrogens is 244 g/mol. The van der Waals surface area contributed by atoms with Gasteiger partial charge in [0.15, 0.2) is 0 Å². The largest absolute Gasteiger partial charge is 0.396 e. The third-order valence-corrected chi connectivity index (χ3v) is 3.73. The van der Waals surface area contributed by atoms with Gasteiger partial charge in [0.25, 0.3) is 0 Å². The van der Waals surface area contributed by atoms with Crippen molar-refractivity contribution in [3.8, 4) is 17.2 Å². The van der Waals surface area contributed by atoms with Crippen LogP contribution in [-0.4, -0.2) is 9.97 Å². The van der Waals surface area contributed by atoms with E-state index < -0.39 is 0 Å². The van der Waals surface area contributed by atoms with E-state index in [-0.39, 0.29) is 0 Å². The summed E-state index contributed by atoms with van der Waals surface area (Å²) in [5.74, 6) is 0. The molecule has 0 amide bonds. The summed E-state index contributed by atoms with van der Waals surface area (Å²) in [7, 11) is 0. The third-order valence-electron chi connectivity index (χ3n) is 2.70. The van der Waals surface area contributed by atoms with E-state index in [2.05, 4.69) is 16.0 Å². The smallest absolute Gasteiger partial charge is 0.130 e. The molecule has 5 heteroatoms. The minimum Gasteiger partial charge on any atom is -0.396 e. The van der Waals surface area contributed by atoms with Crippen LogP contribution in [0.15, 0.2) is 36.8 Å². The van der Waals surface area contributed by atoms with E-state index in [0.717, 1.165) is 21.3 Å². The van der Waals surface area contributed by atoms with Gasteiger partial charge in [-0.2, -0.15) is 5.26 Å². The van der Waals surface area contributed by atoms with Crippen molar-refractivity contribution in [1.82, 2.24) is 9.97 Å². The number of nitrogens with zero attached hydrogens (tertiary/aromatic N) is 3. The first-order chi connectivity index (χ1) is 8.79. The fourth-order valence-corrected chi connectivity index (χ4v) is 2.63. The van der Waals surface area contributed by atoms with E-state index >= 15 is 0 Å². The molecule has 0 radical (unpaired) electrons. The Kier molecular flexibility index (Phi) is 2.43. The second-order valence-electron chi connectivity index (χ2n) is 3.77. The van der Waals surface area contributed by atoms with Crippen LogP contribution in [-0.2, 0) is 0 Å². The van der Waals surface area contributed by atoms with Crippen molar-refractivity contribution in [3.05, 3.63) is 41.7 Å². The predicted molar refractivity (Wildman–Crippen MR) is 72.0 cm³/mol. The molecule has 0 spiro atoms. The lowest BCUT2D eigenvalue weighted by atomic mass is 10.1. The lowest BCUT2D eigenvalue weighted by Crippen LogP contribution is -1.86. The third kappa shape index (κ3) is 1.60. The van der Waals surface area contributed by atoms with Crippen LogP contribution in [0.1, 0.15) is 4.88 Å². The number of rotatable bonds is 1. The molecule has 3 aromatic rings. The van der Waals surface area contributed by atoms with Gasteiger partial charge in [-0.1, -0.05) is 0 Å². The molecule has 0 fully saturated rings. The molecule has 3 heterocycles. The number of hydrogen-bond donors (Lipinski definition) is 1. The van der Waals surface area contributed by atoms with Gasteiger partial charge in [-0.3, -0.25) is 4.98 Å². The second kappa shape index (κ2) is 4.09. The van der Waals surface area contributed by atoms with Gasteiger partial charge in [0.1, 0.15) is 15.8 Å². The van der Waals surface area contributed by atoms with Crippen LogP contribution in [0, 0.1) is 11.3 Å². The van der Waals surface area contributed by atoms with E-state index in [1.807, 2.05) is 18.2 Å². The Labute approximate surface area is 107 Å². The van der Waals surface area contributed by atoms with Crippen molar-refractivity contribution < 1.29 is 0 Å². The maximum Gasteiger partial charge on any atom is 0.130 e. The Morgan fingerprint density at radius 1 is 1.22 bits per heavy atom. The summed E-state index contributed by atoms with van der Waals surface area (Å²) in [6.07, 6.45) is 5.25. The molecule has 86 valence electrons. The van der Waals surface area contributed by atoms with E-state index in [1.165, 1.54) is 11.3 Å². The monoisotopic (exact) mass is 252 g/mol. The lowest BCUT2D eigenvalue weighted by Gasteiger charge is -2.00. The summed E-state index contributed by atoms with van der Waals surface area (Å²) in [6.45, 7) is 0. The maximum atomic E-state index is 8.95. The van der Waals surface area contributed by atoms with Gasteiger partial charge >= 0.3 is 0 Å². The maximum absolute atomic E-state index is 8.95. The predicted octanol–water partition coefficient (Wildman–Crippen LogP) is 2.81. The van der Waals surface area contributed by atoms with Crippen molar-refractivity contribution in [2.24, 2.45) is 0 Å². The number of pyridine rings is 2. The van der Waals surface area contributed by atoms with Gasteiger partial charge in [0.05, 0.1) is 5.69 Å². The van der Waals surface area contributed by atoms with Gasteiger partial charge in [-0.15, -0.1) is 11.3 Å². The molecule has 0 bridgehead atoms. The van der Waals surface area contributed by atoms with Gasteiger partial charge < -0.3 is 5.73 Å². The van der Waals surface area contributed by atoms with Crippen LogP contribution in [0.5, 0.6) is 0 Å². The summed E-state index contributed by atoms with van der Waals surface area (Å²) < 4.78 is 0. The second-order valence-corrected chi connectivity index (χ2v) is 4.77. The summed E-state index contributed by atoms with van der Waals surface area (Å²) in [4.78, 5) is 9.65. The van der Waals surface area contributed by atoms with E-state index in [4.69, 9.17) is 11.0 Å². The Morgan fingerprint density at radius 3 is 2.72 bits per heavy atom. The van der Waals surface area contributed by atoms with Crippen LogP contribution >= 0.6 is 11.3 Å². The highest BCUT2D eigenvalue weighted by Crippen LogP contribution is 2.33. The van der Waals surface area contributed by atoms with E-state index in [0.29, 0.717) is 10.6 Å². The first kappa shape index (κ1) is 10.7. The number of hydrogen-bond acceptors (Lipinski definition) is 5. The quantitative estimate of drug-likeness (QED) is 0.722. The number of fused-ring (bicyclic) bond motifs is 1. The van der Waals surface area contributed by atoms with Gasteiger partial charge in [-0.05, 0) is 23.8 Å². The summed E-state index contributed by atoms with van der Waals surface area (Å²) in [6, 6.07) is 7.88. The molecule has 3 rings (SSSR count). The highest BCUT2D eigenvalue weighted by atomic mass is 32.1. The minimum absolute atomic E-state index is 0.515. The first-order valence-corrected chi connectivity index (χ1v) is 6.10. The molecule has 2 N–H and O–H groups in total. The van der Waals surface area contributed by atoms with Crippen LogP contribution in [0.3, 0.4) is 0 Å². The fourth-order valence-electron chi connectivity index (χ4n) is 1.79. The van der Waals surface area contributed by atoms with Gasteiger partial charge in [-0.25, -0.2) is 4.98 Å². The van der Waals surface area contributed by atoms with E-state index in [1.54, 1.807) is 18.6 Å². The topological polar surface area (TPSA) is 75.6 Å². The number of nitriles is 1. The average molecular weight is 252 g/mol. The fraction of sp³-hybridized carbons (Fsp3) is 0. The summed E-state index contributed by atoms with van der Waals surface area (Å²) >= 11 is 1.32. The molecule has 0 aromatic carbocycles. The van der Waals surface area contributed by atoms with E-state index in [9.17, 15) is 0 Å². The molecular formula is C13H8N4S. The molecule has 0 aliphatic rings. The molecule has 0 aliphatic carbocycles. The zero-order valence-electron chi connectivity index (χ0n) is 9.29. The average Bonchev–Trinajstić information content (AvgIpc) is 2.76. The Balaban J connectivity index is 2.23. The van der Waals surface area contributed by atoms with Crippen molar-refractivity contribution in [2.45, 2.75) is 0 Å². The zero-order chi connectivity index (χ0) is 12.5. The molecule has 0 aliphatic heterocycles. The van der Waals surface area contributed by atoms with Crippen LogP contribution in [0.4, 0.5) is 5.69 Å². The molecule has 18 heavy (non-hydrogen) atoms. The zero-order valence-corrected chi connectivity index (χ0v) is 10.1. The standard InChI is InChI=1S/C13H8N4S/c14-6-11-12(15)10-5-9(7-17-13(10)18-11)8-1-3-16-4-2-8/h1-5,7H,15H2. The van der Waals surface area contributed by atoms with Gasteiger partial charge in [0, 0.05) is 29.5 Å². The van der Waals surface area contributed by atoms with Crippen molar-refractivity contribution in [3.63, 3.8) is 0 Å². The SMILES string of the molecule is N#Cc1sc2ncc(-c3ccncc3)cc2c1N. The molecule has 0 unspecified atom stereocenters. The van der Waals surface area contributed by atoms with Crippen molar-refractivity contribution in [2.75, 3.05) is 5.73 Å². The van der Waals surface area contributed by atoms with Crippen LogP contribution in [0.25, 0.3) is 21.3 Å². The number of nitrogens with two attached hydrogens (primary N) is 1. The highest BCUT2D eigenvalue weighted by Gasteiger charge is 2.10. The Hall–Kier alpha value is -2.45. The lowest BCUT2D eigenvalue weighted by molar-refractivity contribution is 1.32. The van der Waals surface area contributed by atoms with Crippen molar-refractivity contribution in [1.29, 1.82) is 5.26 Å². The Morgan fingerprint density at radius 2 is 2.00 bits per heavy atom. The van der Waals surface area contributed by atoms with Crippen LogP contribution in [0.2, 0.25) is 0 Å². The van der Waals surface area contributed by atoms with Crippen LogP contribution < -0.4 is 5.73 Å². The van der Waals surface area contributed by atoms with Crippen molar-refractivity contribution >= 4 is 27.2 Å². The normalized spacial score (nSPS) is 10.4. The number of anilines is 1. The molecule has 3 aromatic heterocycles. The number of thiophene rings is 1. The molecule has 0 atom stereocenters. The Bertz CT molecular complexity index is 756. The number of aromatic nitrogens is 2.